The molecule has 10 nitrogen and oxygen atoms in total. The van der Waals surface area contributed by atoms with Crippen LogP contribution in [0.2, 0.25) is 0 Å². The summed E-state index contributed by atoms with van der Waals surface area (Å²) in [6.07, 6.45) is 0.814. The molecule has 0 unspecified atom stereocenters. The third-order valence-corrected chi connectivity index (χ3v) is 6.44. The number of nitro benzene ring substituents is 1. The molecule has 0 aliphatic heterocycles. The second-order valence-electron chi connectivity index (χ2n) is 8.25. The van der Waals surface area contributed by atoms with Gasteiger partial charge in [0.05, 0.1) is 16.7 Å². The van der Waals surface area contributed by atoms with Crippen LogP contribution < -0.4 is 10.6 Å². The maximum Gasteiger partial charge on any atom is 0.270 e. The minimum atomic E-state index is -0.542. The topological polar surface area (TPSA) is 132 Å². The van der Waals surface area contributed by atoms with Crippen molar-refractivity contribution < 1.29 is 14.5 Å². The molecule has 0 saturated heterocycles. The van der Waals surface area contributed by atoms with Gasteiger partial charge in [-0.05, 0) is 30.0 Å². The Labute approximate surface area is 207 Å². The number of nitrogens with zero attached hydrogens (tertiary/aromatic N) is 4. The monoisotopic (exact) mass is 496 g/mol. The molecule has 35 heavy (non-hydrogen) atoms. The summed E-state index contributed by atoms with van der Waals surface area (Å²) in [5.74, 6) is 0.0415. The van der Waals surface area contributed by atoms with E-state index in [1.54, 1.807) is 11.6 Å². The van der Waals surface area contributed by atoms with Crippen molar-refractivity contribution in [1.29, 1.82) is 0 Å². The zero-order chi connectivity index (χ0) is 25.5. The van der Waals surface area contributed by atoms with Crippen molar-refractivity contribution in [2.24, 2.45) is 13.0 Å². The number of nitro groups is 1. The maximum atomic E-state index is 12.8. The van der Waals surface area contributed by atoms with E-state index < -0.39 is 16.9 Å². The Morgan fingerprint density at radius 2 is 1.89 bits per heavy atom. The second-order valence-corrected chi connectivity index (χ2v) is 9.19. The predicted octanol–water partition coefficient (Wildman–Crippen LogP) is 4.14. The molecule has 0 spiro atoms. The van der Waals surface area contributed by atoms with Crippen LogP contribution in [0.3, 0.4) is 0 Å². The van der Waals surface area contributed by atoms with Gasteiger partial charge in [0.1, 0.15) is 0 Å². The number of aryl methyl sites for hydroxylation is 1. The highest BCUT2D eigenvalue weighted by atomic mass is 32.2. The average molecular weight is 497 g/mol. The van der Waals surface area contributed by atoms with Gasteiger partial charge in [-0.15, -0.1) is 10.2 Å². The van der Waals surface area contributed by atoms with E-state index in [1.807, 2.05) is 45.0 Å². The molecule has 3 aromatic rings. The Hall–Kier alpha value is -3.73. The number of para-hydroxylation sites is 1. The van der Waals surface area contributed by atoms with Gasteiger partial charge < -0.3 is 15.2 Å². The molecule has 0 bridgehead atoms. The van der Waals surface area contributed by atoms with Crippen LogP contribution in [0.25, 0.3) is 0 Å². The third kappa shape index (κ3) is 6.44. The molecular weight excluding hydrogens is 468 g/mol. The number of non-ortho nitro benzene ring substituents is 1. The van der Waals surface area contributed by atoms with Gasteiger partial charge in [-0.3, -0.25) is 19.7 Å². The van der Waals surface area contributed by atoms with E-state index in [0.29, 0.717) is 11.0 Å². The van der Waals surface area contributed by atoms with Crippen molar-refractivity contribution in [2.45, 2.75) is 38.4 Å². The van der Waals surface area contributed by atoms with Crippen molar-refractivity contribution in [3.63, 3.8) is 0 Å². The van der Waals surface area contributed by atoms with Gasteiger partial charge in [0.25, 0.3) is 11.6 Å². The summed E-state index contributed by atoms with van der Waals surface area (Å²) in [4.78, 5) is 35.8. The molecule has 0 saturated carbocycles. The molecule has 2 amide bonds. The van der Waals surface area contributed by atoms with Crippen molar-refractivity contribution in [3.8, 4) is 0 Å². The number of rotatable bonds is 10. The van der Waals surface area contributed by atoms with Crippen LogP contribution in [0, 0.1) is 16.0 Å². The number of hydrogen-bond donors (Lipinski definition) is 2. The van der Waals surface area contributed by atoms with Gasteiger partial charge in [0, 0.05) is 30.4 Å². The fourth-order valence-corrected chi connectivity index (χ4v) is 4.22. The summed E-state index contributed by atoms with van der Waals surface area (Å²) < 4.78 is 1.75. The Kier molecular flexibility index (Phi) is 8.58. The molecule has 0 aliphatic carbocycles. The third-order valence-electron chi connectivity index (χ3n) is 5.42. The lowest BCUT2D eigenvalue weighted by atomic mass is 10.0. The summed E-state index contributed by atoms with van der Waals surface area (Å²) >= 11 is 1.25. The van der Waals surface area contributed by atoms with Gasteiger partial charge in [0.15, 0.2) is 11.0 Å². The highest BCUT2D eigenvalue weighted by Crippen LogP contribution is 2.25. The van der Waals surface area contributed by atoms with Crippen LogP contribution in [-0.2, 0) is 18.3 Å². The quantitative estimate of drug-likeness (QED) is 0.245. The Bertz CT molecular complexity index is 1230. The highest BCUT2D eigenvalue weighted by Gasteiger charge is 2.26. The number of hydrogen-bond acceptors (Lipinski definition) is 7. The number of thioether (sulfide) groups is 1. The molecule has 1 aromatic heterocycles. The first-order valence-corrected chi connectivity index (χ1v) is 12.1. The Morgan fingerprint density at radius 3 is 2.57 bits per heavy atom. The van der Waals surface area contributed by atoms with E-state index in [2.05, 4.69) is 20.8 Å². The zero-order valence-corrected chi connectivity index (χ0v) is 20.8. The van der Waals surface area contributed by atoms with Gasteiger partial charge in [-0.1, -0.05) is 56.8 Å². The lowest BCUT2D eigenvalue weighted by Crippen LogP contribution is -2.33. The van der Waals surface area contributed by atoms with E-state index in [9.17, 15) is 19.7 Å². The number of carbonyl (C=O) groups excluding carboxylic acids is 2. The summed E-state index contributed by atoms with van der Waals surface area (Å²) in [6.45, 7) is 5.89. The number of amides is 2. The van der Waals surface area contributed by atoms with Crippen molar-refractivity contribution >= 4 is 35.0 Å². The number of carbonyl (C=O) groups is 2. The van der Waals surface area contributed by atoms with Gasteiger partial charge in [0.2, 0.25) is 5.91 Å². The SMILES string of the molecule is CCc1ccccc1NC(=O)CSc1nnc([C@H](NC(=O)c2cccc([N+](=O)[O-])c2)C(C)C)n1C. The number of benzene rings is 2. The first-order chi connectivity index (χ1) is 16.7. The number of nitrogens with one attached hydrogen (secondary N) is 2. The molecule has 1 heterocycles. The summed E-state index contributed by atoms with van der Waals surface area (Å²) in [5.41, 5.74) is 1.88. The summed E-state index contributed by atoms with van der Waals surface area (Å²) in [5, 5.41) is 25.9. The van der Waals surface area contributed by atoms with E-state index in [4.69, 9.17) is 0 Å². The fourth-order valence-electron chi connectivity index (χ4n) is 3.50. The van der Waals surface area contributed by atoms with E-state index in [0.717, 1.165) is 17.7 Å². The van der Waals surface area contributed by atoms with Crippen LogP contribution >= 0.6 is 11.8 Å². The number of aromatic nitrogens is 3. The van der Waals surface area contributed by atoms with Crippen LogP contribution in [0.1, 0.15) is 48.6 Å². The first kappa shape index (κ1) is 25.9. The predicted molar refractivity (Wildman–Crippen MR) is 134 cm³/mol. The van der Waals surface area contributed by atoms with E-state index >= 15 is 0 Å². The molecule has 0 fully saturated rings. The van der Waals surface area contributed by atoms with Crippen LogP contribution in [0.5, 0.6) is 0 Å². The van der Waals surface area contributed by atoms with E-state index in [-0.39, 0.29) is 28.8 Å². The van der Waals surface area contributed by atoms with Crippen LogP contribution in [-0.4, -0.2) is 37.3 Å². The molecule has 2 aromatic carbocycles. The Balaban J connectivity index is 1.69. The molecule has 1 atom stereocenters. The highest BCUT2D eigenvalue weighted by molar-refractivity contribution is 7.99. The van der Waals surface area contributed by atoms with Crippen molar-refractivity contribution in [2.75, 3.05) is 11.1 Å². The maximum absolute atomic E-state index is 12.8. The lowest BCUT2D eigenvalue weighted by Gasteiger charge is -2.21. The smallest absolute Gasteiger partial charge is 0.270 e. The van der Waals surface area contributed by atoms with Crippen LogP contribution in [0.15, 0.2) is 53.7 Å². The van der Waals surface area contributed by atoms with Crippen molar-refractivity contribution in [1.82, 2.24) is 20.1 Å². The minimum Gasteiger partial charge on any atom is -0.342 e. The lowest BCUT2D eigenvalue weighted by molar-refractivity contribution is -0.384. The standard InChI is InChI=1S/C24H28N6O4S/c1-5-16-9-6-7-12-19(16)25-20(31)14-35-24-28-27-22(29(24)4)21(15(2)3)26-23(32)17-10-8-11-18(13-17)30(33)34/h6-13,15,21H,5,14H2,1-4H3,(H,25,31)(H,26,32)/t21-/m1/s1. The Morgan fingerprint density at radius 1 is 1.14 bits per heavy atom. The van der Waals surface area contributed by atoms with Crippen LogP contribution in [0.4, 0.5) is 11.4 Å². The number of anilines is 1. The van der Waals surface area contributed by atoms with Gasteiger partial charge in [-0.25, -0.2) is 0 Å². The fraction of sp³-hybridized carbons (Fsp3) is 0.333. The minimum absolute atomic E-state index is 0.0350. The summed E-state index contributed by atoms with van der Waals surface area (Å²) in [7, 11) is 1.77. The molecule has 3 rings (SSSR count). The van der Waals surface area contributed by atoms with E-state index in [1.165, 1.54) is 36.0 Å². The second kappa shape index (κ2) is 11.6. The van der Waals surface area contributed by atoms with Gasteiger partial charge >= 0.3 is 0 Å². The molecule has 0 radical (unpaired) electrons. The molecule has 184 valence electrons. The average Bonchev–Trinajstić information content (AvgIpc) is 3.21. The normalized spacial score (nSPS) is 11.8. The molecule has 2 N–H and O–H groups in total. The molecular formula is C24H28N6O4S. The zero-order valence-electron chi connectivity index (χ0n) is 20.0. The largest absolute Gasteiger partial charge is 0.342 e. The molecule has 0 aliphatic rings. The summed E-state index contributed by atoms with van der Waals surface area (Å²) in [6, 6.07) is 12.7. The van der Waals surface area contributed by atoms with Crippen molar-refractivity contribution in [3.05, 3.63) is 75.6 Å². The molecule has 11 heteroatoms. The first-order valence-electron chi connectivity index (χ1n) is 11.2. The van der Waals surface area contributed by atoms with Gasteiger partial charge in [-0.2, -0.15) is 0 Å².